The van der Waals surface area contributed by atoms with Gasteiger partial charge in [-0.3, -0.25) is 9.69 Å². The summed E-state index contributed by atoms with van der Waals surface area (Å²) in [5, 5.41) is 0. The van der Waals surface area contributed by atoms with E-state index < -0.39 is 0 Å². The molecule has 0 amide bonds. The zero-order valence-corrected chi connectivity index (χ0v) is 10.8. The predicted molar refractivity (Wildman–Crippen MR) is 69.0 cm³/mol. The van der Waals surface area contributed by atoms with Gasteiger partial charge in [0.05, 0.1) is 25.3 Å². The molecule has 0 bridgehead atoms. The van der Waals surface area contributed by atoms with Crippen molar-refractivity contribution in [3.8, 4) is 11.5 Å². The van der Waals surface area contributed by atoms with E-state index in [2.05, 4.69) is 4.90 Å². The zero-order chi connectivity index (χ0) is 13.1. The van der Waals surface area contributed by atoms with Crippen molar-refractivity contribution in [3.05, 3.63) is 23.8 Å². The second kappa shape index (κ2) is 5.59. The van der Waals surface area contributed by atoms with E-state index in [1.54, 1.807) is 6.07 Å². The smallest absolute Gasteiger partial charge is 0.180 e. The Hall–Kier alpha value is -1.59. The average Bonchev–Trinajstić information content (AvgIpc) is 2.47. The Morgan fingerprint density at radius 2 is 1.89 bits per heavy atom. The van der Waals surface area contributed by atoms with E-state index in [1.807, 2.05) is 12.1 Å². The lowest BCUT2D eigenvalue weighted by atomic mass is 10.1. The van der Waals surface area contributed by atoms with Crippen LogP contribution < -0.4 is 9.47 Å². The van der Waals surface area contributed by atoms with E-state index in [0.717, 1.165) is 13.1 Å². The lowest BCUT2D eigenvalue weighted by molar-refractivity contribution is 0.0369. The fourth-order valence-corrected chi connectivity index (χ4v) is 2.34. The molecule has 0 saturated carbocycles. The van der Waals surface area contributed by atoms with Gasteiger partial charge in [-0.1, -0.05) is 6.07 Å². The van der Waals surface area contributed by atoms with E-state index in [-0.39, 0.29) is 5.78 Å². The lowest BCUT2D eigenvalue weighted by Crippen LogP contribution is -2.39. The van der Waals surface area contributed by atoms with Crippen molar-refractivity contribution >= 4 is 5.78 Å². The molecule has 2 heterocycles. The molecule has 0 spiro atoms. The van der Waals surface area contributed by atoms with Crippen molar-refractivity contribution in [2.75, 3.05) is 46.1 Å². The van der Waals surface area contributed by atoms with Gasteiger partial charge in [0.25, 0.3) is 0 Å². The number of para-hydroxylation sites is 1. The first-order valence-electron chi connectivity index (χ1n) is 6.56. The first-order valence-corrected chi connectivity index (χ1v) is 6.56. The van der Waals surface area contributed by atoms with Crippen LogP contribution in [-0.2, 0) is 4.74 Å². The van der Waals surface area contributed by atoms with Gasteiger partial charge < -0.3 is 14.2 Å². The van der Waals surface area contributed by atoms with Gasteiger partial charge in [-0.2, -0.15) is 0 Å². The number of benzene rings is 1. The summed E-state index contributed by atoms with van der Waals surface area (Å²) in [6, 6.07) is 5.47. The van der Waals surface area contributed by atoms with Crippen molar-refractivity contribution in [2.45, 2.75) is 0 Å². The Morgan fingerprint density at radius 1 is 1.11 bits per heavy atom. The predicted octanol–water partition coefficient (Wildman–Crippen LogP) is 0.973. The van der Waals surface area contributed by atoms with Crippen LogP contribution in [0, 0.1) is 0 Å². The molecule has 3 rings (SSSR count). The van der Waals surface area contributed by atoms with Crippen molar-refractivity contribution in [1.82, 2.24) is 4.90 Å². The molecule has 0 N–H and O–H groups in total. The number of fused-ring (bicyclic) bond motifs is 1. The summed E-state index contributed by atoms with van der Waals surface area (Å²) in [5.74, 6) is 1.33. The molecule has 1 saturated heterocycles. The van der Waals surface area contributed by atoms with Crippen LogP contribution in [-0.4, -0.2) is 56.7 Å². The topological polar surface area (TPSA) is 48.0 Å². The number of morpholine rings is 1. The standard InChI is InChI=1S/C14H17NO4/c16-12(10-15-4-6-17-7-5-15)11-2-1-3-13-14(11)19-9-8-18-13/h1-3H,4-10H2. The van der Waals surface area contributed by atoms with Gasteiger partial charge in [0.15, 0.2) is 17.3 Å². The minimum Gasteiger partial charge on any atom is -0.486 e. The Balaban J connectivity index is 1.75. The molecule has 2 aliphatic heterocycles. The molecule has 102 valence electrons. The van der Waals surface area contributed by atoms with E-state index in [4.69, 9.17) is 14.2 Å². The number of ketones is 1. The highest BCUT2D eigenvalue weighted by molar-refractivity contribution is 6.00. The molecule has 0 unspecified atom stereocenters. The summed E-state index contributed by atoms with van der Waals surface area (Å²) in [5.41, 5.74) is 0.615. The monoisotopic (exact) mass is 263 g/mol. The van der Waals surface area contributed by atoms with E-state index in [0.29, 0.717) is 50.0 Å². The fraction of sp³-hybridized carbons (Fsp3) is 0.500. The third-order valence-corrected chi connectivity index (χ3v) is 3.34. The molecule has 5 nitrogen and oxygen atoms in total. The molecule has 0 aromatic heterocycles. The Morgan fingerprint density at radius 3 is 2.74 bits per heavy atom. The number of carbonyl (C=O) groups excluding carboxylic acids is 1. The van der Waals surface area contributed by atoms with Crippen molar-refractivity contribution < 1.29 is 19.0 Å². The summed E-state index contributed by atoms with van der Waals surface area (Å²) < 4.78 is 16.3. The van der Waals surface area contributed by atoms with Gasteiger partial charge in [0.1, 0.15) is 13.2 Å². The summed E-state index contributed by atoms with van der Waals surface area (Å²) >= 11 is 0. The maximum Gasteiger partial charge on any atom is 0.180 e. The van der Waals surface area contributed by atoms with Crippen LogP contribution >= 0.6 is 0 Å². The number of Topliss-reactive ketones (excluding diaryl/α,β-unsaturated/α-hetero) is 1. The van der Waals surface area contributed by atoms with Crippen molar-refractivity contribution in [3.63, 3.8) is 0 Å². The number of hydrogen-bond acceptors (Lipinski definition) is 5. The number of ether oxygens (including phenoxy) is 3. The molecule has 0 aliphatic carbocycles. The highest BCUT2D eigenvalue weighted by Gasteiger charge is 2.22. The summed E-state index contributed by atoms with van der Waals surface area (Å²) in [6.45, 7) is 4.43. The van der Waals surface area contributed by atoms with E-state index >= 15 is 0 Å². The molecule has 0 radical (unpaired) electrons. The quantitative estimate of drug-likeness (QED) is 0.761. The third kappa shape index (κ3) is 2.72. The van der Waals surface area contributed by atoms with Gasteiger partial charge in [-0.15, -0.1) is 0 Å². The van der Waals surface area contributed by atoms with Gasteiger partial charge in [-0.25, -0.2) is 0 Å². The van der Waals surface area contributed by atoms with Crippen molar-refractivity contribution in [2.24, 2.45) is 0 Å². The molecule has 1 aromatic rings. The summed E-state index contributed by atoms with van der Waals surface area (Å²) in [7, 11) is 0. The van der Waals surface area contributed by atoms with E-state index in [1.165, 1.54) is 0 Å². The molecular weight excluding hydrogens is 246 g/mol. The highest BCUT2D eigenvalue weighted by atomic mass is 16.6. The number of hydrogen-bond donors (Lipinski definition) is 0. The lowest BCUT2D eigenvalue weighted by Gasteiger charge is -2.26. The first kappa shape index (κ1) is 12.4. The van der Waals surface area contributed by atoms with Crippen LogP contribution in [0.1, 0.15) is 10.4 Å². The van der Waals surface area contributed by atoms with Gasteiger partial charge >= 0.3 is 0 Å². The van der Waals surface area contributed by atoms with Crippen LogP contribution in [0.15, 0.2) is 18.2 Å². The molecule has 0 atom stereocenters. The second-order valence-electron chi connectivity index (χ2n) is 4.64. The average molecular weight is 263 g/mol. The van der Waals surface area contributed by atoms with Gasteiger partial charge in [-0.05, 0) is 12.1 Å². The number of carbonyl (C=O) groups is 1. The van der Waals surface area contributed by atoms with Crippen LogP contribution in [0.2, 0.25) is 0 Å². The minimum absolute atomic E-state index is 0.0734. The maximum absolute atomic E-state index is 12.4. The van der Waals surface area contributed by atoms with Gasteiger partial charge in [0.2, 0.25) is 0 Å². The molecular formula is C14H17NO4. The Labute approximate surface area is 112 Å². The Kier molecular flexibility index (Phi) is 3.66. The molecule has 5 heteroatoms. The number of rotatable bonds is 3. The van der Waals surface area contributed by atoms with Crippen molar-refractivity contribution in [1.29, 1.82) is 0 Å². The molecule has 1 aromatic carbocycles. The van der Waals surface area contributed by atoms with E-state index in [9.17, 15) is 4.79 Å². The molecule has 19 heavy (non-hydrogen) atoms. The summed E-state index contributed by atoms with van der Waals surface area (Å²) in [6.07, 6.45) is 0. The largest absolute Gasteiger partial charge is 0.486 e. The first-order chi connectivity index (χ1) is 9.34. The van der Waals surface area contributed by atoms with Crippen LogP contribution in [0.25, 0.3) is 0 Å². The van der Waals surface area contributed by atoms with Gasteiger partial charge in [0, 0.05) is 13.1 Å². The Bertz CT molecular complexity index is 469. The summed E-state index contributed by atoms with van der Waals surface area (Å²) in [4.78, 5) is 14.5. The highest BCUT2D eigenvalue weighted by Crippen LogP contribution is 2.33. The number of nitrogens with zero attached hydrogens (tertiary/aromatic N) is 1. The molecule has 2 aliphatic rings. The minimum atomic E-state index is 0.0734. The fourth-order valence-electron chi connectivity index (χ4n) is 2.34. The van der Waals surface area contributed by atoms with Crippen LogP contribution in [0.3, 0.4) is 0 Å². The maximum atomic E-state index is 12.4. The van der Waals surface area contributed by atoms with Crippen LogP contribution in [0.5, 0.6) is 11.5 Å². The van der Waals surface area contributed by atoms with Crippen LogP contribution in [0.4, 0.5) is 0 Å². The molecule has 1 fully saturated rings. The SMILES string of the molecule is O=C(CN1CCOCC1)c1cccc2c1OCCO2. The normalized spacial score (nSPS) is 19.2. The second-order valence-corrected chi connectivity index (χ2v) is 4.64. The third-order valence-electron chi connectivity index (χ3n) is 3.34. The zero-order valence-electron chi connectivity index (χ0n) is 10.8.